The molecule has 1 aromatic rings. The van der Waals surface area contributed by atoms with Gasteiger partial charge in [-0.25, -0.2) is 0 Å². The average molecular weight is 683 g/mol. The molecule has 0 aliphatic rings. The van der Waals surface area contributed by atoms with Crippen LogP contribution in [0.5, 0.6) is 0 Å². The maximum atomic E-state index is 14.4. The van der Waals surface area contributed by atoms with Gasteiger partial charge in [0.15, 0.2) is 5.85 Å². The van der Waals surface area contributed by atoms with Gasteiger partial charge < -0.3 is 13.6 Å². The van der Waals surface area contributed by atoms with Gasteiger partial charge in [0.05, 0.1) is 51.7 Å². The van der Waals surface area contributed by atoms with Crippen LogP contribution in [-0.4, -0.2) is 47.5 Å². The molecule has 0 aliphatic heterocycles. The van der Waals surface area contributed by atoms with Crippen LogP contribution < -0.4 is 0 Å². The molecule has 0 bridgehead atoms. The Kier molecular flexibility index (Phi) is 17.6. The molecule has 0 radical (unpaired) electrons. The first-order chi connectivity index (χ1) is 17.4. The van der Waals surface area contributed by atoms with E-state index >= 15 is 0 Å². The van der Waals surface area contributed by atoms with Crippen LogP contribution in [0.2, 0.25) is 10.0 Å². The van der Waals surface area contributed by atoms with Crippen LogP contribution in [0.3, 0.4) is 0 Å². The van der Waals surface area contributed by atoms with Gasteiger partial charge in [-0.1, -0.05) is 57.0 Å². The molecular weight excluding hydrogens is 647 g/mol. The van der Waals surface area contributed by atoms with Gasteiger partial charge in [0.25, 0.3) is 0 Å². The highest BCUT2D eigenvalue weighted by Gasteiger charge is 2.47. The van der Waals surface area contributed by atoms with Crippen molar-refractivity contribution < 1.29 is 27.2 Å². The van der Waals surface area contributed by atoms with Crippen LogP contribution in [-0.2, 0) is 27.2 Å². The van der Waals surface area contributed by atoms with Gasteiger partial charge in [0.1, 0.15) is 0 Å². The maximum absolute atomic E-state index is 14.4. The van der Waals surface area contributed by atoms with Crippen LogP contribution in [0, 0.1) is 0 Å². The van der Waals surface area contributed by atoms with Gasteiger partial charge in [-0.2, -0.15) is 0 Å². The quantitative estimate of drug-likeness (QED) is 0.107. The monoisotopic (exact) mass is 680 g/mol. The standard InChI is InChI=1S/C23H36Cl6O6P2/c1-5-17(25)13-32-36(30,20(8-4)12-24)35-23(16-9-10-21(28)22(29)11-16)37(31,33-14-18(26)6-2)34-15-19(27)7-3/h9-11,17-20,23H,5-8,12-15H2,1-4H3/t17-,18-,19-,20+,23-,36+/m1/s1. The van der Waals surface area contributed by atoms with E-state index in [4.69, 9.17) is 87.7 Å². The molecule has 0 saturated carbocycles. The molecule has 0 heterocycles. The largest absolute Gasteiger partial charge is 0.364 e. The van der Waals surface area contributed by atoms with Gasteiger partial charge in [-0.05, 0) is 43.4 Å². The van der Waals surface area contributed by atoms with Gasteiger partial charge in [0, 0.05) is 5.88 Å². The lowest BCUT2D eigenvalue weighted by Crippen LogP contribution is -2.21. The van der Waals surface area contributed by atoms with E-state index in [9.17, 15) is 9.13 Å². The molecule has 6 atom stereocenters. The summed E-state index contributed by atoms with van der Waals surface area (Å²) in [4.78, 5) is 0. The van der Waals surface area contributed by atoms with Gasteiger partial charge in [0.2, 0.25) is 0 Å². The number of hydrogen-bond acceptors (Lipinski definition) is 6. The Balaban J connectivity index is 3.66. The lowest BCUT2D eigenvalue weighted by atomic mass is 10.2. The summed E-state index contributed by atoms with van der Waals surface area (Å²) in [6.07, 6.45) is 2.03. The predicted molar refractivity (Wildman–Crippen MR) is 158 cm³/mol. The smallest absolute Gasteiger partial charge is 0.307 e. The Hall–Kier alpha value is 1.26. The lowest BCUT2D eigenvalue weighted by molar-refractivity contribution is 0.128. The number of alkyl halides is 4. The molecule has 0 saturated heterocycles. The molecule has 37 heavy (non-hydrogen) atoms. The van der Waals surface area contributed by atoms with E-state index in [0.717, 1.165) is 0 Å². The van der Waals surface area contributed by atoms with Crippen molar-refractivity contribution >= 4 is 84.8 Å². The number of hydrogen-bond donors (Lipinski definition) is 0. The van der Waals surface area contributed by atoms with Gasteiger partial charge in [-0.15, -0.1) is 46.4 Å². The highest BCUT2D eigenvalue weighted by Crippen LogP contribution is 2.69. The molecule has 1 rings (SSSR count). The summed E-state index contributed by atoms with van der Waals surface area (Å²) in [5.41, 5.74) is -0.462. The predicted octanol–water partition coefficient (Wildman–Crippen LogP) is 10.5. The van der Waals surface area contributed by atoms with Gasteiger partial charge in [-0.3, -0.25) is 13.7 Å². The number of rotatable bonds is 19. The minimum atomic E-state index is -4.25. The molecule has 0 fully saturated rings. The third kappa shape index (κ3) is 11.6. The molecule has 0 aliphatic carbocycles. The molecule has 0 unspecified atom stereocenters. The summed E-state index contributed by atoms with van der Waals surface area (Å²) in [6.45, 7) is 7.07. The first kappa shape index (κ1) is 36.3. The Morgan fingerprint density at radius 2 is 1.19 bits per heavy atom. The van der Waals surface area contributed by atoms with Crippen molar-refractivity contribution in [3.8, 4) is 0 Å². The summed E-state index contributed by atoms with van der Waals surface area (Å²) in [7, 11) is -8.29. The molecule has 6 nitrogen and oxygen atoms in total. The summed E-state index contributed by atoms with van der Waals surface area (Å²) >= 11 is 37.3. The first-order valence-corrected chi connectivity index (χ1v) is 18.0. The second kappa shape index (κ2) is 17.9. The van der Waals surface area contributed by atoms with Crippen LogP contribution in [0.4, 0.5) is 0 Å². The average Bonchev–Trinajstić information content (AvgIpc) is 2.89. The van der Waals surface area contributed by atoms with Crippen molar-refractivity contribution in [2.75, 3.05) is 25.7 Å². The SMILES string of the molecule is CC[C@@H](Cl)COP(=O)(OC[C@H](Cl)CC)[C@@H](O[P@@](=O)(OC[C@H](Cl)CC)[C@@H](CC)CCl)c1ccc(Cl)c(Cl)c1. The molecule has 0 N–H and O–H groups in total. The molecule has 14 heteroatoms. The Labute approximate surface area is 251 Å². The summed E-state index contributed by atoms with van der Waals surface area (Å²) in [6, 6.07) is 4.49. The van der Waals surface area contributed by atoms with Crippen molar-refractivity contribution in [1.29, 1.82) is 0 Å². The third-order valence-electron chi connectivity index (χ3n) is 5.49. The molecule has 0 spiro atoms. The molecule has 1 aromatic carbocycles. The zero-order chi connectivity index (χ0) is 28.2. The van der Waals surface area contributed by atoms with Crippen LogP contribution >= 0.6 is 84.8 Å². The van der Waals surface area contributed by atoms with E-state index in [0.29, 0.717) is 25.7 Å². The third-order valence-corrected chi connectivity index (χ3v) is 12.7. The highest BCUT2D eigenvalue weighted by molar-refractivity contribution is 7.57. The fraction of sp³-hybridized carbons (Fsp3) is 0.739. The van der Waals surface area contributed by atoms with Crippen molar-refractivity contribution in [2.24, 2.45) is 0 Å². The summed E-state index contributed by atoms with van der Waals surface area (Å²) < 4.78 is 52.2. The van der Waals surface area contributed by atoms with Crippen LogP contribution in [0.25, 0.3) is 0 Å². The summed E-state index contributed by atoms with van der Waals surface area (Å²) in [5.74, 6) is -1.55. The minimum Gasteiger partial charge on any atom is -0.307 e. The second-order valence-electron chi connectivity index (χ2n) is 8.33. The Morgan fingerprint density at radius 1 is 0.730 bits per heavy atom. The lowest BCUT2D eigenvalue weighted by Gasteiger charge is -2.33. The maximum Gasteiger partial charge on any atom is 0.364 e. The number of halogens is 6. The van der Waals surface area contributed by atoms with Crippen molar-refractivity contribution in [3.63, 3.8) is 0 Å². The van der Waals surface area contributed by atoms with Crippen LogP contribution in [0.15, 0.2) is 18.2 Å². The number of benzene rings is 1. The molecular formula is C23H36Cl6O6P2. The van der Waals surface area contributed by atoms with E-state index in [-0.39, 0.29) is 41.3 Å². The van der Waals surface area contributed by atoms with Crippen molar-refractivity contribution in [3.05, 3.63) is 33.8 Å². The van der Waals surface area contributed by atoms with Crippen molar-refractivity contribution in [1.82, 2.24) is 0 Å². The zero-order valence-electron chi connectivity index (χ0n) is 21.4. The van der Waals surface area contributed by atoms with Gasteiger partial charge >= 0.3 is 15.2 Å². The minimum absolute atomic E-state index is 0.0356. The highest BCUT2D eigenvalue weighted by atomic mass is 35.5. The molecule has 0 aromatic heterocycles. The normalized spacial score (nSPS) is 18.1. The van der Waals surface area contributed by atoms with E-state index < -0.39 is 42.8 Å². The van der Waals surface area contributed by atoms with Crippen LogP contribution in [0.1, 0.15) is 64.8 Å². The van der Waals surface area contributed by atoms with E-state index in [1.165, 1.54) is 18.2 Å². The summed E-state index contributed by atoms with van der Waals surface area (Å²) in [5, 5.41) is -0.908. The molecule has 216 valence electrons. The second-order valence-corrected chi connectivity index (χ2v) is 15.6. The molecule has 0 amide bonds. The van der Waals surface area contributed by atoms with Crippen molar-refractivity contribution in [2.45, 2.75) is 81.0 Å². The fourth-order valence-corrected chi connectivity index (χ4v) is 8.66. The first-order valence-electron chi connectivity index (χ1n) is 12.1. The van der Waals surface area contributed by atoms with E-state index in [2.05, 4.69) is 0 Å². The fourth-order valence-electron chi connectivity index (χ4n) is 2.83. The van der Waals surface area contributed by atoms with E-state index in [1.54, 1.807) is 6.92 Å². The van der Waals surface area contributed by atoms with E-state index in [1.807, 2.05) is 20.8 Å². The Morgan fingerprint density at radius 3 is 1.57 bits per heavy atom. The topological polar surface area (TPSA) is 71.1 Å². The Bertz CT molecular complexity index is 888. The zero-order valence-corrected chi connectivity index (χ0v) is 27.7.